The second-order valence-electron chi connectivity index (χ2n) is 7.17. The van der Waals surface area contributed by atoms with E-state index in [1.807, 2.05) is 6.92 Å². The average molecular weight is 364 g/mol. The Morgan fingerprint density at radius 2 is 2.04 bits per heavy atom. The van der Waals surface area contributed by atoms with E-state index in [1.54, 1.807) is 0 Å². The number of aliphatic imine (C=N–C) groups is 2. The number of allylic oxidation sites excluding steroid dienone is 3. The van der Waals surface area contributed by atoms with E-state index >= 15 is 0 Å². The van der Waals surface area contributed by atoms with E-state index in [1.165, 1.54) is 22.3 Å². The number of unbranched alkanes of at least 4 members (excludes halogenated alkanes) is 1. The third-order valence-corrected chi connectivity index (χ3v) is 4.62. The molecule has 1 aliphatic heterocycles. The molecule has 0 aliphatic carbocycles. The highest BCUT2D eigenvalue weighted by molar-refractivity contribution is 6.10. The quantitative estimate of drug-likeness (QED) is 0.337. The molecule has 0 saturated heterocycles. The van der Waals surface area contributed by atoms with Gasteiger partial charge in [-0.25, -0.2) is 0 Å². The number of rotatable bonds is 9. The van der Waals surface area contributed by atoms with Crippen LogP contribution in [0.5, 0.6) is 0 Å². The molecule has 1 heterocycles. The van der Waals surface area contributed by atoms with Crippen LogP contribution >= 0.6 is 0 Å². The van der Waals surface area contributed by atoms with Gasteiger partial charge in [-0.2, -0.15) is 0 Å². The van der Waals surface area contributed by atoms with Gasteiger partial charge in [0.05, 0.1) is 12.3 Å². The van der Waals surface area contributed by atoms with Crippen molar-refractivity contribution in [2.24, 2.45) is 9.98 Å². The smallest absolute Gasteiger partial charge is 0.127 e. The molecule has 2 rings (SSSR count). The first kappa shape index (κ1) is 20.9. The van der Waals surface area contributed by atoms with Crippen LogP contribution in [-0.2, 0) is 0 Å². The zero-order valence-corrected chi connectivity index (χ0v) is 17.3. The third-order valence-electron chi connectivity index (χ3n) is 4.62. The zero-order chi connectivity index (χ0) is 19.6. The standard InChI is InChI=1S/C24H33N3/c1-6-8-15-25-24(27-18(3)4)21(7-2)14-11-20-16-23(26-17-20)22-12-9-19(5)10-13-22/h7,9-10,12-13,16H,3,6,8,11,14-15,17H2,1-2,4-5H3,(H,25,27)/b21-7-. The molecule has 1 aromatic rings. The number of amidine groups is 1. The van der Waals surface area contributed by atoms with E-state index in [0.717, 1.165) is 56.0 Å². The second kappa shape index (κ2) is 10.7. The van der Waals surface area contributed by atoms with Gasteiger partial charge in [-0.05, 0) is 62.8 Å². The molecule has 3 nitrogen and oxygen atoms in total. The summed E-state index contributed by atoms with van der Waals surface area (Å²) in [5, 5.41) is 3.34. The van der Waals surface area contributed by atoms with Crippen LogP contribution in [0.25, 0.3) is 0 Å². The van der Waals surface area contributed by atoms with Crippen LogP contribution in [0, 0.1) is 6.92 Å². The van der Waals surface area contributed by atoms with Gasteiger partial charge in [-0.3, -0.25) is 9.98 Å². The van der Waals surface area contributed by atoms with Crippen molar-refractivity contribution in [3.63, 3.8) is 0 Å². The Kier molecular flexibility index (Phi) is 8.25. The van der Waals surface area contributed by atoms with Gasteiger partial charge in [0.15, 0.2) is 0 Å². The molecule has 0 spiro atoms. The summed E-state index contributed by atoms with van der Waals surface area (Å²) < 4.78 is 0. The summed E-state index contributed by atoms with van der Waals surface area (Å²) in [5.41, 5.74) is 7.14. The molecule has 3 heteroatoms. The van der Waals surface area contributed by atoms with E-state index in [-0.39, 0.29) is 0 Å². The van der Waals surface area contributed by atoms with Crippen molar-refractivity contribution in [1.29, 1.82) is 0 Å². The Labute approximate surface area is 164 Å². The fraction of sp³-hybridized carbons (Fsp3) is 0.417. The van der Waals surface area contributed by atoms with Gasteiger partial charge in [0.25, 0.3) is 0 Å². The van der Waals surface area contributed by atoms with Gasteiger partial charge in [-0.1, -0.05) is 55.8 Å². The molecular weight excluding hydrogens is 330 g/mol. The monoisotopic (exact) mass is 363 g/mol. The Bertz CT molecular complexity index is 761. The molecule has 0 unspecified atom stereocenters. The van der Waals surface area contributed by atoms with Crippen LogP contribution in [0.3, 0.4) is 0 Å². The van der Waals surface area contributed by atoms with Gasteiger partial charge < -0.3 is 5.32 Å². The van der Waals surface area contributed by atoms with Gasteiger partial charge in [0.1, 0.15) is 5.84 Å². The van der Waals surface area contributed by atoms with Crippen molar-refractivity contribution in [1.82, 2.24) is 5.32 Å². The minimum atomic E-state index is 0.802. The number of aryl methyl sites for hydroxylation is 1. The molecule has 27 heavy (non-hydrogen) atoms. The van der Waals surface area contributed by atoms with E-state index in [0.29, 0.717) is 0 Å². The first-order valence-electron chi connectivity index (χ1n) is 9.97. The number of nitrogens with zero attached hydrogens (tertiary/aromatic N) is 2. The van der Waals surface area contributed by atoms with Crippen LogP contribution in [-0.4, -0.2) is 24.6 Å². The topological polar surface area (TPSA) is 36.8 Å². The van der Waals surface area contributed by atoms with Gasteiger partial charge in [0, 0.05) is 12.2 Å². The zero-order valence-electron chi connectivity index (χ0n) is 17.3. The van der Waals surface area contributed by atoms with Crippen LogP contribution in [0.1, 0.15) is 57.6 Å². The van der Waals surface area contributed by atoms with Crippen LogP contribution in [0.4, 0.5) is 0 Å². The molecule has 0 atom stereocenters. The molecule has 1 aromatic carbocycles. The summed E-state index contributed by atoms with van der Waals surface area (Å²) in [6.07, 6.45) is 8.64. The Morgan fingerprint density at radius 1 is 1.30 bits per heavy atom. The fourth-order valence-corrected chi connectivity index (χ4v) is 2.99. The highest BCUT2D eigenvalue weighted by atomic mass is 15.0. The molecule has 0 radical (unpaired) electrons. The lowest BCUT2D eigenvalue weighted by Crippen LogP contribution is -2.24. The minimum absolute atomic E-state index is 0.802. The maximum absolute atomic E-state index is 4.77. The van der Waals surface area contributed by atoms with E-state index in [2.05, 4.69) is 69.1 Å². The number of benzene rings is 1. The van der Waals surface area contributed by atoms with Crippen molar-refractivity contribution >= 4 is 11.5 Å². The summed E-state index contributed by atoms with van der Waals surface area (Å²) in [6, 6.07) is 8.59. The summed E-state index contributed by atoms with van der Waals surface area (Å²) in [6.45, 7) is 14.0. The largest absolute Gasteiger partial charge is 0.345 e. The molecule has 0 fully saturated rings. The van der Waals surface area contributed by atoms with E-state index < -0.39 is 0 Å². The van der Waals surface area contributed by atoms with Crippen molar-refractivity contribution in [2.75, 3.05) is 13.1 Å². The third kappa shape index (κ3) is 6.67. The molecule has 1 N–H and O–H groups in total. The minimum Gasteiger partial charge on any atom is -0.345 e. The first-order chi connectivity index (χ1) is 13.0. The summed E-state index contributed by atoms with van der Waals surface area (Å²) in [4.78, 5) is 9.49. The predicted molar refractivity (Wildman–Crippen MR) is 119 cm³/mol. The SMILES string of the molecule is C=C(C)NC(=NCCCC)/C(=C\C)CCC1=CC(c2ccc(C)cc2)=NC1. The molecule has 0 amide bonds. The fourth-order valence-electron chi connectivity index (χ4n) is 2.99. The van der Waals surface area contributed by atoms with Crippen molar-refractivity contribution < 1.29 is 0 Å². The molecule has 144 valence electrons. The number of nitrogens with one attached hydrogen (secondary N) is 1. The maximum Gasteiger partial charge on any atom is 0.127 e. The van der Waals surface area contributed by atoms with Crippen molar-refractivity contribution in [3.8, 4) is 0 Å². The molecule has 0 aromatic heterocycles. The van der Waals surface area contributed by atoms with Gasteiger partial charge in [0.2, 0.25) is 0 Å². The maximum atomic E-state index is 4.77. The van der Waals surface area contributed by atoms with Crippen LogP contribution in [0.15, 0.2) is 69.8 Å². The molecular formula is C24H33N3. The Balaban J connectivity index is 2.00. The van der Waals surface area contributed by atoms with Crippen LogP contribution in [0.2, 0.25) is 0 Å². The lowest BCUT2D eigenvalue weighted by atomic mass is 10.0. The Hall–Kier alpha value is -2.42. The van der Waals surface area contributed by atoms with E-state index in [4.69, 9.17) is 9.98 Å². The second-order valence-corrected chi connectivity index (χ2v) is 7.17. The molecule has 1 aliphatic rings. The Morgan fingerprint density at radius 3 is 2.67 bits per heavy atom. The first-order valence-corrected chi connectivity index (χ1v) is 9.97. The van der Waals surface area contributed by atoms with E-state index in [9.17, 15) is 0 Å². The highest BCUT2D eigenvalue weighted by Gasteiger charge is 2.13. The number of hydrogen-bond donors (Lipinski definition) is 1. The lowest BCUT2D eigenvalue weighted by Gasteiger charge is -2.14. The molecule has 0 saturated carbocycles. The normalized spacial score (nSPS) is 14.8. The summed E-state index contributed by atoms with van der Waals surface area (Å²) >= 11 is 0. The number of hydrogen-bond acceptors (Lipinski definition) is 2. The van der Waals surface area contributed by atoms with Crippen LogP contribution < -0.4 is 5.32 Å². The van der Waals surface area contributed by atoms with Crippen molar-refractivity contribution in [2.45, 2.75) is 53.4 Å². The average Bonchev–Trinajstić information content (AvgIpc) is 3.11. The van der Waals surface area contributed by atoms with Gasteiger partial charge >= 0.3 is 0 Å². The lowest BCUT2D eigenvalue weighted by molar-refractivity contribution is 0.801. The summed E-state index contributed by atoms with van der Waals surface area (Å²) in [7, 11) is 0. The van der Waals surface area contributed by atoms with Gasteiger partial charge in [-0.15, -0.1) is 0 Å². The van der Waals surface area contributed by atoms with Crippen molar-refractivity contribution in [3.05, 3.63) is 71.0 Å². The highest BCUT2D eigenvalue weighted by Crippen LogP contribution is 2.20. The predicted octanol–water partition coefficient (Wildman–Crippen LogP) is 5.77. The molecule has 0 bridgehead atoms. The summed E-state index contributed by atoms with van der Waals surface area (Å²) in [5.74, 6) is 0.969.